The van der Waals surface area contributed by atoms with E-state index in [0.29, 0.717) is 28.0 Å². The second kappa shape index (κ2) is 5.00. The Kier molecular flexibility index (Phi) is 3.16. The molecule has 2 aromatic carbocycles. The number of nitrogens with two attached hydrogens (primary N) is 1. The van der Waals surface area contributed by atoms with E-state index < -0.39 is 0 Å². The fourth-order valence-electron chi connectivity index (χ4n) is 2.21. The minimum Gasteiger partial charge on any atom is -0.497 e. The number of fused-ring (bicyclic) bond motifs is 1. The minimum atomic E-state index is 0.324. The zero-order valence-electron chi connectivity index (χ0n) is 11.2. The van der Waals surface area contributed by atoms with Gasteiger partial charge < -0.3 is 10.5 Å². The van der Waals surface area contributed by atoms with E-state index >= 15 is 0 Å². The number of ether oxygens (including phenoxy) is 1. The molecule has 1 heterocycles. The van der Waals surface area contributed by atoms with Crippen LogP contribution in [0.25, 0.3) is 16.7 Å². The van der Waals surface area contributed by atoms with Gasteiger partial charge in [0.1, 0.15) is 5.75 Å². The molecule has 0 aliphatic rings. The summed E-state index contributed by atoms with van der Waals surface area (Å²) >= 11 is 6.26. The molecule has 0 aliphatic heterocycles. The number of anilines is 1. The lowest BCUT2D eigenvalue weighted by Gasteiger charge is -2.09. The number of nitrogens with zero attached hydrogens (tertiary/aromatic N) is 3. The Balaban J connectivity index is 2.29. The first-order valence-corrected chi connectivity index (χ1v) is 6.54. The number of aromatic nitrogens is 2. The van der Waals surface area contributed by atoms with Crippen LogP contribution >= 0.6 is 11.6 Å². The predicted octanol–water partition coefficient (Wildman–Crippen LogP) is 3.14. The number of hydrogen-bond donors (Lipinski definition) is 1. The fraction of sp³-hybridized carbons (Fsp3) is 0.0667. The summed E-state index contributed by atoms with van der Waals surface area (Å²) in [6.45, 7) is 0. The Morgan fingerprint density at radius 1 is 1.29 bits per heavy atom. The number of benzene rings is 2. The second-order valence-electron chi connectivity index (χ2n) is 4.44. The maximum Gasteiger partial charge on any atom is 0.205 e. The maximum absolute atomic E-state index is 8.91. The van der Waals surface area contributed by atoms with E-state index in [1.807, 2.05) is 24.3 Å². The lowest BCUT2D eigenvalue weighted by atomic mass is 10.2. The van der Waals surface area contributed by atoms with Crippen molar-refractivity contribution in [2.45, 2.75) is 0 Å². The van der Waals surface area contributed by atoms with Crippen molar-refractivity contribution in [2.24, 2.45) is 0 Å². The van der Waals surface area contributed by atoms with E-state index in [-0.39, 0.29) is 0 Å². The Labute approximate surface area is 126 Å². The van der Waals surface area contributed by atoms with Crippen LogP contribution in [0.1, 0.15) is 5.56 Å². The van der Waals surface area contributed by atoms with Gasteiger partial charge in [0, 0.05) is 6.07 Å². The molecule has 21 heavy (non-hydrogen) atoms. The van der Waals surface area contributed by atoms with Gasteiger partial charge in [0.05, 0.1) is 40.5 Å². The van der Waals surface area contributed by atoms with Crippen LogP contribution in [0.5, 0.6) is 5.75 Å². The quantitative estimate of drug-likeness (QED) is 0.788. The van der Waals surface area contributed by atoms with Gasteiger partial charge >= 0.3 is 0 Å². The molecule has 5 nitrogen and oxygen atoms in total. The average molecular weight is 299 g/mol. The zero-order valence-corrected chi connectivity index (χ0v) is 11.9. The predicted molar refractivity (Wildman–Crippen MR) is 81.8 cm³/mol. The molecule has 104 valence electrons. The SMILES string of the molecule is COc1ccc2nc(N)n(-c3ccc(C#N)cc3Cl)c2c1. The highest BCUT2D eigenvalue weighted by atomic mass is 35.5. The summed E-state index contributed by atoms with van der Waals surface area (Å²) in [5, 5.41) is 9.34. The van der Waals surface area contributed by atoms with Crippen LogP contribution in [0.3, 0.4) is 0 Å². The molecule has 0 bridgehead atoms. The Hall–Kier alpha value is -2.71. The lowest BCUT2D eigenvalue weighted by Crippen LogP contribution is -2.01. The number of methoxy groups -OCH3 is 1. The molecule has 0 saturated carbocycles. The molecule has 0 atom stereocenters. The van der Waals surface area contributed by atoms with Gasteiger partial charge in [-0.15, -0.1) is 0 Å². The molecule has 0 aliphatic carbocycles. The summed E-state index contributed by atoms with van der Waals surface area (Å²) in [7, 11) is 1.60. The molecule has 0 fully saturated rings. The molecule has 0 saturated heterocycles. The van der Waals surface area contributed by atoms with Gasteiger partial charge in [-0.3, -0.25) is 4.57 Å². The molecular weight excluding hydrogens is 288 g/mol. The number of imidazole rings is 1. The molecule has 3 rings (SSSR count). The van der Waals surface area contributed by atoms with Crippen LogP contribution < -0.4 is 10.5 Å². The van der Waals surface area contributed by atoms with Crippen LogP contribution in [-0.2, 0) is 0 Å². The summed E-state index contributed by atoms with van der Waals surface area (Å²) in [5.74, 6) is 1.03. The van der Waals surface area contributed by atoms with Crippen molar-refractivity contribution in [3.63, 3.8) is 0 Å². The summed E-state index contributed by atoms with van der Waals surface area (Å²) in [5.41, 5.74) is 8.70. The fourth-order valence-corrected chi connectivity index (χ4v) is 2.48. The van der Waals surface area contributed by atoms with E-state index in [2.05, 4.69) is 4.98 Å². The van der Waals surface area contributed by atoms with Gasteiger partial charge in [0.25, 0.3) is 0 Å². The lowest BCUT2D eigenvalue weighted by molar-refractivity contribution is 0.415. The van der Waals surface area contributed by atoms with E-state index in [4.69, 9.17) is 27.3 Å². The highest BCUT2D eigenvalue weighted by Crippen LogP contribution is 2.30. The molecule has 0 unspecified atom stereocenters. The van der Waals surface area contributed by atoms with Crippen LogP contribution in [0, 0.1) is 11.3 Å². The minimum absolute atomic E-state index is 0.324. The number of rotatable bonds is 2. The molecule has 1 aromatic heterocycles. The monoisotopic (exact) mass is 298 g/mol. The molecule has 6 heteroatoms. The number of nitriles is 1. The first kappa shape index (κ1) is 13.3. The smallest absolute Gasteiger partial charge is 0.205 e. The van der Waals surface area contributed by atoms with Crippen molar-refractivity contribution in [1.29, 1.82) is 5.26 Å². The standard InChI is InChI=1S/C15H11ClN4O/c1-21-10-3-4-12-14(7-10)20(15(18)19-12)13-5-2-9(8-17)6-11(13)16/h2-7H,1H3,(H2,18,19). The van der Waals surface area contributed by atoms with Crippen LogP contribution in [-0.4, -0.2) is 16.7 Å². The van der Waals surface area contributed by atoms with Crippen LogP contribution in [0.2, 0.25) is 5.02 Å². The Bertz CT molecular complexity index is 879. The van der Waals surface area contributed by atoms with Crippen molar-refractivity contribution < 1.29 is 4.74 Å². The Morgan fingerprint density at radius 3 is 2.76 bits per heavy atom. The topological polar surface area (TPSA) is 76.9 Å². The number of halogens is 1. The van der Waals surface area contributed by atoms with Crippen LogP contribution in [0.4, 0.5) is 5.95 Å². The van der Waals surface area contributed by atoms with Gasteiger partial charge in [-0.05, 0) is 30.3 Å². The van der Waals surface area contributed by atoms with Crippen molar-refractivity contribution in [2.75, 3.05) is 12.8 Å². The third-order valence-electron chi connectivity index (χ3n) is 3.21. The summed E-state index contributed by atoms with van der Waals surface area (Å²) in [4.78, 5) is 4.31. The largest absolute Gasteiger partial charge is 0.497 e. The molecule has 0 amide bonds. The third kappa shape index (κ3) is 2.16. The van der Waals surface area contributed by atoms with Crippen molar-refractivity contribution in [1.82, 2.24) is 9.55 Å². The van der Waals surface area contributed by atoms with E-state index in [0.717, 1.165) is 11.0 Å². The molecule has 0 spiro atoms. The van der Waals surface area contributed by atoms with Crippen molar-refractivity contribution in [3.05, 3.63) is 47.0 Å². The van der Waals surface area contributed by atoms with E-state index in [1.165, 1.54) is 0 Å². The Morgan fingerprint density at radius 2 is 2.10 bits per heavy atom. The second-order valence-corrected chi connectivity index (χ2v) is 4.85. The number of hydrogen-bond acceptors (Lipinski definition) is 4. The zero-order chi connectivity index (χ0) is 15.0. The first-order chi connectivity index (χ1) is 10.1. The average Bonchev–Trinajstić information content (AvgIpc) is 2.82. The highest BCUT2D eigenvalue weighted by molar-refractivity contribution is 6.32. The van der Waals surface area contributed by atoms with E-state index in [1.54, 1.807) is 29.9 Å². The van der Waals surface area contributed by atoms with Gasteiger partial charge in [0.2, 0.25) is 5.95 Å². The van der Waals surface area contributed by atoms with E-state index in [9.17, 15) is 0 Å². The van der Waals surface area contributed by atoms with Gasteiger partial charge in [-0.2, -0.15) is 5.26 Å². The van der Waals surface area contributed by atoms with Crippen LogP contribution in [0.15, 0.2) is 36.4 Å². The first-order valence-electron chi connectivity index (χ1n) is 6.16. The summed E-state index contributed by atoms with van der Waals surface area (Å²) in [6, 6.07) is 12.6. The molecule has 3 aromatic rings. The van der Waals surface area contributed by atoms with Crippen molar-refractivity contribution in [3.8, 4) is 17.5 Å². The summed E-state index contributed by atoms with van der Waals surface area (Å²) < 4.78 is 6.97. The van der Waals surface area contributed by atoms with Crippen molar-refractivity contribution >= 4 is 28.6 Å². The molecule has 0 radical (unpaired) electrons. The third-order valence-corrected chi connectivity index (χ3v) is 3.51. The normalized spacial score (nSPS) is 10.5. The van der Waals surface area contributed by atoms with Gasteiger partial charge in [0.15, 0.2) is 0 Å². The van der Waals surface area contributed by atoms with Gasteiger partial charge in [-0.1, -0.05) is 11.6 Å². The maximum atomic E-state index is 8.91. The summed E-state index contributed by atoms with van der Waals surface area (Å²) in [6.07, 6.45) is 0. The highest BCUT2D eigenvalue weighted by Gasteiger charge is 2.13. The molecular formula is C15H11ClN4O. The van der Waals surface area contributed by atoms with Gasteiger partial charge in [-0.25, -0.2) is 4.98 Å². The molecule has 2 N–H and O–H groups in total. The number of nitrogen functional groups attached to an aromatic ring is 1.